The van der Waals surface area contributed by atoms with Gasteiger partial charge < -0.3 is 24.1 Å². The number of benzene rings is 4. The summed E-state index contributed by atoms with van der Waals surface area (Å²) in [4.78, 5) is 0. The number of hydrogen-bond donors (Lipinski definition) is 1. The Bertz CT molecular complexity index is 1410. The molecule has 3 aliphatic rings. The van der Waals surface area contributed by atoms with Crippen LogP contribution in [-0.2, 0) is 12.8 Å². The van der Waals surface area contributed by atoms with E-state index in [4.69, 9.17) is 18.9 Å². The highest BCUT2D eigenvalue weighted by atomic mass is 16.7. The standard InChI is InChI=1S/C30H24O5/c31-25-12-11-20-27(22(25)13-18-7-3-1-4-8-18)32-16-24-21-15-26-30(34-17-33-26)23(29(21)35-28(20)24)14-19-9-5-2-6-10-19/h1-12,15,24,28,31H,13-14,16-17H2/t24-,28-/m0/s1. The van der Waals surface area contributed by atoms with Crippen LogP contribution in [0.15, 0.2) is 78.9 Å². The van der Waals surface area contributed by atoms with Crippen LogP contribution in [0.1, 0.15) is 45.4 Å². The normalized spacial score (nSPS) is 18.7. The van der Waals surface area contributed by atoms with E-state index in [2.05, 4.69) is 30.3 Å². The second-order valence-electron chi connectivity index (χ2n) is 9.27. The SMILES string of the molecule is Oc1ccc2c(c1Cc1ccccc1)OC[C@H]1c3cc4c(c(Cc5ccccc5)c3O[C@@H]21)OCO4. The zero-order valence-electron chi connectivity index (χ0n) is 19.1. The van der Waals surface area contributed by atoms with E-state index in [0.717, 1.165) is 50.8 Å². The fourth-order valence-corrected chi connectivity index (χ4v) is 5.49. The minimum Gasteiger partial charge on any atom is -0.508 e. The molecule has 4 aromatic rings. The van der Waals surface area contributed by atoms with Gasteiger partial charge in [-0.25, -0.2) is 0 Å². The molecule has 0 unspecified atom stereocenters. The number of fused-ring (bicyclic) bond motifs is 6. The number of ether oxygens (including phenoxy) is 4. The van der Waals surface area contributed by atoms with Crippen molar-refractivity contribution in [3.8, 4) is 28.7 Å². The van der Waals surface area contributed by atoms with Gasteiger partial charge in [0.2, 0.25) is 6.79 Å². The third-order valence-electron chi connectivity index (χ3n) is 7.18. The van der Waals surface area contributed by atoms with Crippen molar-refractivity contribution in [3.63, 3.8) is 0 Å². The van der Waals surface area contributed by atoms with Gasteiger partial charge in [0.05, 0.1) is 12.5 Å². The van der Waals surface area contributed by atoms with Crippen LogP contribution in [0.5, 0.6) is 28.7 Å². The molecule has 4 aromatic carbocycles. The van der Waals surface area contributed by atoms with Crippen LogP contribution in [0.2, 0.25) is 0 Å². The van der Waals surface area contributed by atoms with Gasteiger partial charge in [-0.1, -0.05) is 60.7 Å². The maximum absolute atomic E-state index is 10.7. The minimum atomic E-state index is -0.194. The largest absolute Gasteiger partial charge is 0.508 e. The molecule has 0 saturated heterocycles. The van der Waals surface area contributed by atoms with Crippen LogP contribution >= 0.6 is 0 Å². The van der Waals surface area contributed by atoms with Gasteiger partial charge in [0.15, 0.2) is 11.5 Å². The number of rotatable bonds is 4. The molecule has 5 heteroatoms. The van der Waals surface area contributed by atoms with E-state index in [9.17, 15) is 5.11 Å². The average molecular weight is 465 g/mol. The highest BCUT2D eigenvalue weighted by molar-refractivity contribution is 5.65. The van der Waals surface area contributed by atoms with E-state index in [1.165, 1.54) is 5.56 Å². The Morgan fingerprint density at radius 3 is 2.14 bits per heavy atom. The Morgan fingerprint density at radius 1 is 0.686 bits per heavy atom. The Balaban J connectivity index is 1.30. The number of hydrogen-bond acceptors (Lipinski definition) is 5. The summed E-state index contributed by atoms with van der Waals surface area (Å²) in [6, 6.07) is 26.2. The Kier molecular flexibility index (Phi) is 4.62. The third kappa shape index (κ3) is 3.30. The summed E-state index contributed by atoms with van der Waals surface area (Å²) in [5, 5.41) is 10.7. The van der Waals surface area contributed by atoms with Crippen LogP contribution in [0.3, 0.4) is 0 Å². The van der Waals surface area contributed by atoms with Gasteiger partial charge >= 0.3 is 0 Å². The first-order valence-electron chi connectivity index (χ1n) is 11.9. The first-order valence-corrected chi connectivity index (χ1v) is 11.9. The molecule has 5 nitrogen and oxygen atoms in total. The maximum atomic E-state index is 10.7. The Morgan fingerprint density at radius 2 is 1.40 bits per heavy atom. The van der Waals surface area contributed by atoms with Crippen molar-refractivity contribution >= 4 is 0 Å². The fraction of sp³-hybridized carbons (Fsp3) is 0.200. The van der Waals surface area contributed by atoms with E-state index in [-0.39, 0.29) is 24.6 Å². The van der Waals surface area contributed by atoms with Crippen LogP contribution in [0.25, 0.3) is 0 Å². The lowest BCUT2D eigenvalue weighted by molar-refractivity contribution is 0.136. The molecule has 0 aromatic heterocycles. The highest BCUT2D eigenvalue weighted by Crippen LogP contribution is 2.57. The molecule has 35 heavy (non-hydrogen) atoms. The molecule has 0 aliphatic carbocycles. The van der Waals surface area contributed by atoms with E-state index < -0.39 is 0 Å². The predicted octanol–water partition coefficient (Wildman–Crippen LogP) is 5.91. The Labute approximate surface area is 203 Å². The van der Waals surface area contributed by atoms with Crippen molar-refractivity contribution < 1.29 is 24.1 Å². The van der Waals surface area contributed by atoms with Crippen LogP contribution in [0, 0.1) is 0 Å². The lowest BCUT2D eigenvalue weighted by Crippen LogP contribution is -2.24. The van der Waals surface area contributed by atoms with Gasteiger partial charge in [-0.05, 0) is 29.3 Å². The summed E-state index contributed by atoms with van der Waals surface area (Å²) in [6.07, 6.45) is 1.09. The van der Waals surface area contributed by atoms with E-state index >= 15 is 0 Å². The van der Waals surface area contributed by atoms with Gasteiger partial charge in [-0.2, -0.15) is 0 Å². The van der Waals surface area contributed by atoms with Crippen molar-refractivity contribution in [1.82, 2.24) is 0 Å². The molecule has 3 aliphatic heterocycles. The average Bonchev–Trinajstić information content (AvgIpc) is 3.52. The maximum Gasteiger partial charge on any atom is 0.231 e. The second kappa shape index (κ2) is 7.98. The molecular weight excluding hydrogens is 440 g/mol. The van der Waals surface area contributed by atoms with Gasteiger partial charge in [0.1, 0.15) is 23.4 Å². The molecule has 0 saturated carbocycles. The first kappa shape index (κ1) is 20.3. The molecule has 3 heterocycles. The van der Waals surface area contributed by atoms with Gasteiger partial charge in [0.25, 0.3) is 0 Å². The molecule has 2 atom stereocenters. The highest BCUT2D eigenvalue weighted by Gasteiger charge is 2.44. The number of phenols is 1. The lowest BCUT2D eigenvalue weighted by atomic mass is 9.86. The van der Waals surface area contributed by atoms with E-state index in [1.807, 2.05) is 42.5 Å². The van der Waals surface area contributed by atoms with E-state index in [1.54, 1.807) is 6.07 Å². The van der Waals surface area contributed by atoms with Crippen LogP contribution in [-0.4, -0.2) is 18.5 Å². The second-order valence-corrected chi connectivity index (χ2v) is 9.27. The van der Waals surface area contributed by atoms with Gasteiger partial charge in [0, 0.05) is 35.1 Å². The van der Waals surface area contributed by atoms with Crippen molar-refractivity contribution in [3.05, 3.63) is 112 Å². The quantitative estimate of drug-likeness (QED) is 0.407. The monoisotopic (exact) mass is 464 g/mol. The third-order valence-corrected chi connectivity index (χ3v) is 7.18. The lowest BCUT2D eigenvalue weighted by Gasteiger charge is -2.29. The summed E-state index contributed by atoms with van der Waals surface area (Å²) < 4.78 is 24.7. The van der Waals surface area contributed by atoms with Crippen LogP contribution < -0.4 is 18.9 Å². The molecular formula is C30H24O5. The molecule has 0 spiro atoms. The van der Waals surface area contributed by atoms with Gasteiger partial charge in [-0.3, -0.25) is 0 Å². The minimum absolute atomic E-state index is 0.0376. The van der Waals surface area contributed by atoms with Crippen molar-refractivity contribution in [1.29, 1.82) is 0 Å². The Hall–Kier alpha value is -4.12. The van der Waals surface area contributed by atoms with Crippen molar-refractivity contribution in [2.24, 2.45) is 0 Å². The summed E-state index contributed by atoms with van der Waals surface area (Å²) in [5.41, 5.74) is 6.17. The first-order chi connectivity index (χ1) is 17.3. The smallest absolute Gasteiger partial charge is 0.231 e. The number of aromatic hydroxyl groups is 1. The van der Waals surface area contributed by atoms with Crippen LogP contribution in [0.4, 0.5) is 0 Å². The van der Waals surface area contributed by atoms with E-state index in [0.29, 0.717) is 19.4 Å². The zero-order valence-corrected chi connectivity index (χ0v) is 19.1. The molecule has 174 valence electrons. The predicted molar refractivity (Wildman–Crippen MR) is 131 cm³/mol. The summed E-state index contributed by atoms with van der Waals surface area (Å²) in [7, 11) is 0. The molecule has 7 rings (SSSR count). The topological polar surface area (TPSA) is 57.2 Å². The molecule has 1 N–H and O–H groups in total. The summed E-state index contributed by atoms with van der Waals surface area (Å²) in [5.74, 6) is 3.40. The summed E-state index contributed by atoms with van der Waals surface area (Å²) in [6.45, 7) is 0.690. The zero-order chi connectivity index (χ0) is 23.4. The van der Waals surface area contributed by atoms with Crippen molar-refractivity contribution in [2.75, 3.05) is 13.4 Å². The van der Waals surface area contributed by atoms with Crippen molar-refractivity contribution in [2.45, 2.75) is 24.9 Å². The molecule has 0 bridgehead atoms. The van der Waals surface area contributed by atoms with Gasteiger partial charge in [-0.15, -0.1) is 0 Å². The molecule has 0 fully saturated rings. The molecule has 0 amide bonds. The number of phenolic OH excluding ortho intramolecular Hbond substituents is 1. The summed E-state index contributed by atoms with van der Waals surface area (Å²) >= 11 is 0. The fourth-order valence-electron chi connectivity index (χ4n) is 5.49. The molecule has 0 radical (unpaired) electrons.